The van der Waals surface area contributed by atoms with Gasteiger partial charge in [0, 0.05) is 32.8 Å². The summed E-state index contributed by atoms with van der Waals surface area (Å²) in [6.45, 7) is 6.10. The Labute approximate surface area is 177 Å². The number of ether oxygens (including phenoxy) is 2. The van der Waals surface area contributed by atoms with Gasteiger partial charge >= 0.3 is 0 Å². The number of β-amino-alcohol motifs (C(OH)–C–C–N with tert-alkyl or cyclic N) is 1. The van der Waals surface area contributed by atoms with Crippen LogP contribution in [0.3, 0.4) is 0 Å². The van der Waals surface area contributed by atoms with Crippen molar-refractivity contribution in [1.82, 2.24) is 10.3 Å². The van der Waals surface area contributed by atoms with Crippen molar-refractivity contribution < 1.29 is 19.0 Å². The zero-order valence-electron chi connectivity index (χ0n) is 16.6. The Morgan fingerprint density at radius 2 is 2.00 bits per heavy atom. The largest absolute Gasteiger partial charge is 0.491 e. The van der Waals surface area contributed by atoms with Crippen LogP contribution in [0.25, 0.3) is 0 Å². The first kappa shape index (κ1) is 23.3. The molecule has 0 amide bonds. The molecule has 1 aliphatic rings. The second-order valence-corrected chi connectivity index (χ2v) is 7.02. The van der Waals surface area contributed by atoms with Crippen LogP contribution in [0.1, 0.15) is 18.9 Å². The molecule has 6 nitrogen and oxygen atoms in total. The zero-order chi connectivity index (χ0) is 19.8. The van der Waals surface area contributed by atoms with E-state index in [1.54, 1.807) is 6.07 Å². The molecule has 2 N–H and O–H groups in total. The average molecular weight is 426 g/mol. The number of anilines is 1. The molecule has 0 spiro atoms. The molecule has 0 saturated carbocycles. The predicted octanol–water partition coefficient (Wildman–Crippen LogP) is 2.79. The molecule has 160 valence electrons. The van der Waals surface area contributed by atoms with Crippen molar-refractivity contribution in [1.29, 1.82) is 0 Å². The molecule has 1 saturated heterocycles. The molecule has 1 aliphatic heterocycles. The minimum absolute atomic E-state index is 0. The van der Waals surface area contributed by atoms with E-state index in [1.165, 1.54) is 12.3 Å². The Bertz CT molecular complexity index is 733. The number of rotatable bonds is 10. The Morgan fingerprint density at radius 3 is 2.69 bits per heavy atom. The van der Waals surface area contributed by atoms with Crippen LogP contribution in [0.5, 0.6) is 5.75 Å². The van der Waals surface area contributed by atoms with Crippen molar-refractivity contribution in [2.75, 3.05) is 44.4 Å². The smallest absolute Gasteiger partial charge is 0.141 e. The molecule has 0 radical (unpaired) electrons. The van der Waals surface area contributed by atoms with Crippen molar-refractivity contribution in [3.63, 3.8) is 0 Å². The molecule has 8 heteroatoms. The fraction of sp³-hybridized carbons (Fsp3) is 0.476. The van der Waals surface area contributed by atoms with Gasteiger partial charge in [-0.15, -0.1) is 12.4 Å². The first-order valence-electron chi connectivity index (χ1n) is 9.67. The first-order valence-corrected chi connectivity index (χ1v) is 9.67. The van der Waals surface area contributed by atoms with Crippen molar-refractivity contribution in [2.45, 2.75) is 25.5 Å². The molecule has 3 rings (SSSR count). The van der Waals surface area contributed by atoms with Gasteiger partial charge in [-0.2, -0.15) is 0 Å². The highest BCUT2D eigenvalue weighted by molar-refractivity contribution is 5.85. The van der Waals surface area contributed by atoms with E-state index in [-0.39, 0.29) is 18.2 Å². The Kier molecular flexibility index (Phi) is 9.10. The monoisotopic (exact) mass is 425 g/mol. The average Bonchev–Trinajstić information content (AvgIpc) is 3.09. The van der Waals surface area contributed by atoms with Crippen LogP contribution in [0.2, 0.25) is 0 Å². The van der Waals surface area contributed by atoms with Crippen LogP contribution in [0.15, 0.2) is 42.6 Å². The number of aliphatic hydroxyl groups is 1. The minimum Gasteiger partial charge on any atom is -0.491 e. The summed E-state index contributed by atoms with van der Waals surface area (Å²) in [6.07, 6.45) is 1.85. The molecular weight excluding hydrogens is 397 g/mol. The number of benzene rings is 1. The molecule has 1 atom stereocenters. The molecule has 29 heavy (non-hydrogen) atoms. The van der Waals surface area contributed by atoms with E-state index in [2.05, 4.69) is 10.3 Å². The molecular formula is C21H29ClFN3O3. The fourth-order valence-corrected chi connectivity index (χ4v) is 3.26. The molecule has 1 unspecified atom stereocenters. The zero-order valence-corrected chi connectivity index (χ0v) is 17.5. The molecule has 1 aromatic carbocycles. The lowest BCUT2D eigenvalue weighted by molar-refractivity contribution is 0.0626. The van der Waals surface area contributed by atoms with Gasteiger partial charge in [0.25, 0.3) is 0 Å². The number of nitrogens with one attached hydrogen (secondary N) is 1. The maximum atomic E-state index is 13.0. The third-order valence-corrected chi connectivity index (χ3v) is 4.78. The van der Waals surface area contributed by atoms with E-state index >= 15 is 0 Å². The van der Waals surface area contributed by atoms with Crippen LogP contribution < -0.4 is 15.0 Å². The number of halogens is 2. The van der Waals surface area contributed by atoms with Gasteiger partial charge in [-0.05, 0) is 43.2 Å². The van der Waals surface area contributed by atoms with Crippen LogP contribution in [-0.4, -0.2) is 55.1 Å². The number of aromatic nitrogens is 1. The van der Waals surface area contributed by atoms with Gasteiger partial charge in [0.2, 0.25) is 0 Å². The molecule has 2 aromatic rings. The van der Waals surface area contributed by atoms with Crippen molar-refractivity contribution in [3.8, 4) is 5.75 Å². The van der Waals surface area contributed by atoms with Gasteiger partial charge in [0.1, 0.15) is 24.0 Å². The highest BCUT2D eigenvalue weighted by Crippen LogP contribution is 2.25. The second-order valence-electron chi connectivity index (χ2n) is 7.02. The summed E-state index contributed by atoms with van der Waals surface area (Å²) in [5, 5.41) is 14.1. The molecule has 0 bridgehead atoms. The normalized spacial score (nSPS) is 18.5. The van der Waals surface area contributed by atoms with Crippen LogP contribution in [0.4, 0.5) is 10.2 Å². The maximum Gasteiger partial charge on any atom is 0.141 e. The van der Waals surface area contributed by atoms with Crippen LogP contribution >= 0.6 is 12.4 Å². The summed E-state index contributed by atoms with van der Waals surface area (Å²) in [5.41, 5.74) is 0.300. The van der Waals surface area contributed by atoms with E-state index in [4.69, 9.17) is 9.47 Å². The molecule has 1 aromatic heterocycles. The second kappa shape index (κ2) is 11.3. The first-order chi connectivity index (χ1) is 13.6. The summed E-state index contributed by atoms with van der Waals surface area (Å²) in [7, 11) is 0. The van der Waals surface area contributed by atoms with E-state index in [9.17, 15) is 9.50 Å². The van der Waals surface area contributed by atoms with E-state index in [0.29, 0.717) is 58.2 Å². The molecule has 0 aliphatic carbocycles. The Balaban J connectivity index is 0.00000300. The summed E-state index contributed by atoms with van der Waals surface area (Å²) in [4.78, 5) is 6.07. The van der Waals surface area contributed by atoms with Crippen molar-refractivity contribution in [3.05, 3.63) is 54.0 Å². The van der Waals surface area contributed by atoms with Crippen LogP contribution in [0, 0.1) is 5.82 Å². The number of pyridine rings is 1. The lowest BCUT2D eigenvalue weighted by Gasteiger charge is -2.24. The lowest BCUT2D eigenvalue weighted by atomic mass is 10.0. The highest BCUT2D eigenvalue weighted by Gasteiger charge is 2.36. The quantitative estimate of drug-likeness (QED) is 0.570. The number of hydrogen-bond acceptors (Lipinski definition) is 6. The predicted molar refractivity (Wildman–Crippen MR) is 113 cm³/mol. The van der Waals surface area contributed by atoms with Gasteiger partial charge in [-0.3, -0.25) is 0 Å². The standard InChI is InChI=1S/C21H28FN3O3.ClH/c1-2-27-11-12-28-19-6-3-17(4-7-19)13-23-15-21(26)9-10-25(16-21)20-8-5-18(22)14-24-20;/h3-8,14,23,26H,2,9-13,15-16H2,1H3;1H. The van der Waals surface area contributed by atoms with E-state index < -0.39 is 5.60 Å². The third-order valence-electron chi connectivity index (χ3n) is 4.78. The van der Waals surface area contributed by atoms with Gasteiger partial charge in [-0.25, -0.2) is 9.37 Å². The van der Waals surface area contributed by atoms with Gasteiger partial charge in [0.15, 0.2) is 0 Å². The Morgan fingerprint density at radius 1 is 1.21 bits per heavy atom. The van der Waals surface area contributed by atoms with E-state index in [0.717, 1.165) is 11.3 Å². The van der Waals surface area contributed by atoms with E-state index in [1.807, 2.05) is 36.1 Å². The van der Waals surface area contributed by atoms with Crippen molar-refractivity contribution >= 4 is 18.2 Å². The molecule has 1 fully saturated rings. The summed E-state index contributed by atoms with van der Waals surface area (Å²) >= 11 is 0. The van der Waals surface area contributed by atoms with Crippen LogP contribution in [-0.2, 0) is 11.3 Å². The number of hydrogen-bond donors (Lipinski definition) is 2. The van der Waals surface area contributed by atoms with Gasteiger partial charge in [0.05, 0.1) is 18.4 Å². The summed E-state index contributed by atoms with van der Waals surface area (Å²) < 4.78 is 23.9. The maximum absolute atomic E-state index is 13.0. The minimum atomic E-state index is -0.821. The topological polar surface area (TPSA) is 66.8 Å². The SMILES string of the molecule is CCOCCOc1ccc(CNCC2(O)CCN(c3ccc(F)cn3)C2)cc1.Cl. The molecule has 2 heterocycles. The number of nitrogens with zero attached hydrogens (tertiary/aromatic N) is 2. The highest BCUT2D eigenvalue weighted by atomic mass is 35.5. The summed E-state index contributed by atoms with van der Waals surface area (Å²) in [5.74, 6) is 1.16. The van der Waals surface area contributed by atoms with Gasteiger partial charge in [-0.1, -0.05) is 12.1 Å². The third kappa shape index (κ3) is 7.12. The Hall–Kier alpha value is -1.93. The fourth-order valence-electron chi connectivity index (χ4n) is 3.26. The van der Waals surface area contributed by atoms with Gasteiger partial charge < -0.3 is 24.8 Å². The van der Waals surface area contributed by atoms with Crippen molar-refractivity contribution in [2.24, 2.45) is 0 Å². The summed E-state index contributed by atoms with van der Waals surface area (Å²) in [6, 6.07) is 10.9. The lowest BCUT2D eigenvalue weighted by Crippen LogP contribution is -2.43.